The second-order valence-corrected chi connectivity index (χ2v) is 12.8. The SMILES string of the molecule is CC(C)c1cc(Oc2[c-]c(-c3ccccn3)ccc2)[c-]c2c1c1c(C(C)C)cc(Oc3[c-]c(-c4ccccn4)ccc3)[c-]c1n2-c1ncccn1.[Pd+2].[Pt+2]. The molecule has 53 heavy (non-hydrogen) atoms. The molecule has 8 rings (SSSR count). The van der Waals surface area contributed by atoms with Crippen molar-refractivity contribution in [2.24, 2.45) is 0 Å². The standard InChI is InChI=1S/C44H33N5O2.Pd.Pt/c1-28(2)36-24-34(50-32-14-9-12-30(22-32)38-16-5-7-18-45-38)26-40-42(36)43-37(29(3)4)25-35(27-41(43)49(40)44-47-20-11-21-48-44)51-33-15-10-13-31(23-33)39-17-6-8-19-46-39;;/h5-21,24-25,28-29H,1-4H3;;/q-4;2*+2. The summed E-state index contributed by atoms with van der Waals surface area (Å²) in [7, 11) is 0. The first kappa shape index (κ1) is 37.8. The van der Waals surface area contributed by atoms with Crippen molar-refractivity contribution < 1.29 is 51.0 Å². The summed E-state index contributed by atoms with van der Waals surface area (Å²) in [5.41, 5.74) is 7.13. The van der Waals surface area contributed by atoms with Crippen LogP contribution in [0, 0.1) is 24.3 Å². The number of rotatable bonds is 9. The third-order valence-corrected chi connectivity index (χ3v) is 8.66. The molecule has 0 atom stereocenters. The summed E-state index contributed by atoms with van der Waals surface area (Å²) in [6, 6.07) is 43.2. The molecule has 4 aromatic carbocycles. The van der Waals surface area contributed by atoms with Crippen LogP contribution in [-0.4, -0.2) is 24.5 Å². The zero-order chi connectivity index (χ0) is 34.9. The topological polar surface area (TPSA) is 75.0 Å². The average molecular weight is 965 g/mol. The number of nitrogens with zero attached hydrogens (tertiary/aromatic N) is 5. The van der Waals surface area contributed by atoms with E-state index >= 15 is 0 Å². The molecule has 0 aliphatic rings. The molecule has 8 aromatic rings. The number of fused-ring (bicyclic) bond motifs is 3. The predicted octanol–water partition coefficient (Wildman–Crippen LogP) is 10.7. The van der Waals surface area contributed by atoms with Crippen molar-refractivity contribution in [1.82, 2.24) is 24.5 Å². The second-order valence-electron chi connectivity index (χ2n) is 12.8. The van der Waals surface area contributed by atoms with Gasteiger partial charge < -0.3 is 24.0 Å². The Bertz CT molecular complexity index is 2340. The normalized spacial score (nSPS) is 11.1. The molecule has 7 nitrogen and oxygen atoms in total. The first-order chi connectivity index (χ1) is 24.9. The van der Waals surface area contributed by atoms with Crippen LogP contribution in [0.2, 0.25) is 0 Å². The van der Waals surface area contributed by atoms with Crippen LogP contribution in [-0.2, 0) is 41.5 Å². The molecular weight excluding hydrogens is 932 g/mol. The number of benzene rings is 4. The van der Waals surface area contributed by atoms with Crippen LogP contribution < -0.4 is 9.47 Å². The van der Waals surface area contributed by atoms with Crippen LogP contribution in [0.1, 0.15) is 50.7 Å². The minimum Gasteiger partial charge on any atom is -0.503 e. The molecule has 0 saturated carbocycles. The van der Waals surface area contributed by atoms with E-state index in [1.54, 1.807) is 24.8 Å². The molecule has 0 aliphatic carbocycles. The quantitative estimate of drug-likeness (QED) is 0.106. The predicted molar refractivity (Wildman–Crippen MR) is 199 cm³/mol. The van der Waals surface area contributed by atoms with Gasteiger partial charge in [-0.15, -0.1) is 71.8 Å². The minimum atomic E-state index is 0. The van der Waals surface area contributed by atoms with Crippen LogP contribution in [0.5, 0.6) is 23.0 Å². The van der Waals surface area contributed by atoms with Gasteiger partial charge in [-0.05, 0) is 41.4 Å². The van der Waals surface area contributed by atoms with Gasteiger partial charge in [-0.1, -0.05) is 75.1 Å². The van der Waals surface area contributed by atoms with Crippen LogP contribution in [0.3, 0.4) is 0 Å². The van der Waals surface area contributed by atoms with Gasteiger partial charge in [0.05, 0.1) is 0 Å². The Balaban J connectivity index is 0.00000240. The van der Waals surface area contributed by atoms with Crippen molar-refractivity contribution in [3.63, 3.8) is 0 Å². The van der Waals surface area contributed by atoms with E-state index in [1.807, 2.05) is 83.4 Å². The molecule has 0 unspecified atom stereocenters. The second kappa shape index (κ2) is 16.4. The monoisotopic (exact) mass is 964 g/mol. The van der Waals surface area contributed by atoms with Gasteiger partial charge in [0.15, 0.2) is 0 Å². The smallest absolute Gasteiger partial charge is 0.503 e. The van der Waals surface area contributed by atoms with Crippen molar-refractivity contribution >= 4 is 21.8 Å². The molecule has 0 fully saturated rings. The Morgan fingerprint density at radius 3 is 1.38 bits per heavy atom. The Hall–Kier alpha value is -4.99. The van der Waals surface area contributed by atoms with Gasteiger partial charge in [0.1, 0.15) is 0 Å². The fraction of sp³-hybridized carbons (Fsp3) is 0.136. The summed E-state index contributed by atoms with van der Waals surface area (Å²) in [5, 5.41) is 2.11. The number of aromatic nitrogens is 5. The first-order valence-corrected chi connectivity index (χ1v) is 16.9. The van der Waals surface area contributed by atoms with Crippen LogP contribution >= 0.6 is 0 Å². The van der Waals surface area contributed by atoms with E-state index in [9.17, 15) is 0 Å². The van der Waals surface area contributed by atoms with E-state index in [-0.39, 0.29) is 53.3 Å². The largest absolute Gasteiger partial charge is 2.00 e. The van der Waals surface area contributed by atoms with E-state index in [2.05, 4.69) is 74.1 Å². The molecule has 0 bridgehead atoms. The number of hydrogen-bond donors (Lipinski definition) is 0. The van der Waals surface area contributed by atoms with Gasteiger partial charge in [-0.3, -0.25) is 0 Å². The maximum absolute atomic E-state index is 6.52. The molecule has 0 radical (unpaired) electrons. The van der Waals surface area contributed by atoms with E-state index in [0.29, 0.717) is 28.9 Å². The van der Waals surface area contributed by atoms with Crippen LogP contribution in [0.4, 0.5) is 0 Å². The minimum absolute atomic E-state index is 0. The van der Waals surface area contributed by atoms with E-state index in [1.165, 1.54) is 0 Å². The zero-order valence-electron chi connectivity index (χ0n) is 29.3. The van der Waals surface area contributed by atoms with Gasteiger partial charge >= 0.3 is 41.5 Å². The van der Waals surface area contributed by atoms with Crippen molar-refractivity contribution in [1.29, 1.82) is 0 Å². The van der Waals surface area contributed by atoms with Crippen molar-refractivity contribution in [3.05, 3.63) is 151 Å². The van der Waals surface area contributed by atoms with Gasteiger partial charge in [0.25, 0.3) is 0 Å². The third-order valence-electron chi connectivity index (χ3n) is 8.66. The number of ether oxygens (including phenoxy) is 2. The van der Waals surface area contributed by atoms with Gasteiger partial charge in [0.2, 0.25) is 5.95 Å². The molecule has 0 aliphatic heterocycles. The summed E-state index contributed by atoms with van der Waals surface area (Å²) in [4.78, 5) is 18.4. The Morgan fingerprint density at radius 1 is 0.509 bits per heavy atom. The van der Waals surface area contributed by atoms with E-state index < -0.39 is 0 Å². The van der Waals surface area contributed by atoms with Crippen LogP contribution in [0.15, 0.2) is 116 Å². The van der Waals surface area contributed by atoms with E-state index in [4.69, 9.17) is 19.4 Å². The third kappa shape index (κ3) is 7.73. The maximum Gasteiger partial charge on any atom is 2.00 e. The molecule has 0 spiro atoms. The fourth-order valence-electron chi connectivity index (χ4n) is 6.33. The van der Waals surface area contributed by atoms with Crippen molar-refractivity contribution in [3.8, 4) is 51.5 Å². The number of pyridine rings is 2. The Kier molecular flexibility index (Phi) is 11.7. The zero-order valence-corrected chi connectivity index (χ0v) is 33.1. The molecule has 0 amide bonds. The average Bonchev–Trinajstić information content (AvgIpc) is 3.49. The Labute approximate surface area is 337 Å². The maximum atomic E-state index is 6.52. The molecule has 0 N–H and O–H groups in total. The van der Waals surface area contributed by atoms with E-state index in [0.717, 1.165) is 55.4 Å². The van der Waals surface area contributed by atoms with Gasteiger partial charge in [-0.2, -0.15) is 21.9 Å². The molecule has 0 saturated heterocycles. The van der Waals surface area contributed by atoms with Crippen LogP contribution in [0.25, 0.3) is 50.3 Å². The van der Waals surface area contributed by atoms with Gasteiger partial charge in [0, 0.05) is 47.8 Å². The van der Waals surface area contributed by atoms with Crippen molar-refractivity contribution in [2.45, 2.75) is 39.5 Å². The molecule has 266 valence electrons. The summed E-state index contributed by atoms with van der Waals surface area (Å²) >= 11 is 0. The molecular formula is C44H33N5O2PdPt. The molecule has 4 aromatic heterocycles. The van der Waals surface area contributed by atoms with Crippen molar-refractivity contribution in [2.75, 3.05) is 0 Å². The fourth-order valence-corrected chi connectivity index (χ4v) is 6.33. The molecule has 4 heterocycles. The first-order valence-electron chi connectivity index (χ1n) is 16.9. The molecule has 9 heteroatoms. The summed E-state index contributed by atoms with van der Waals surface area (Å²) in [6.07, 6.45) is 7.02. The van der Waals surface area contributed by atoms with Gasteiger partial charge in [-0.25, -0.2) is 9.97 Å². The Morgan fingerprint density at radius 2 is 0.962 bits per heavy atom. The summed E-state index contributed by atoms with van der Waals surface area (Å²) in [5.74, 6) is 3.06. The summed E-state index contributed by atoms with van der Waals surface area (Å²) < 4.78 is 15.0. The summed E-state index contributed by atoms with van der Waals surface area (Å²) in [6.45, 7) is 8.76. The number of hydrogen-bond acceptors (Lipinski definition) is 6.